The Kier molecular flexibility index (Phi) is 11.1. The van der Waals surface area contributed by atoms with Gasteiger partial charge >= 0.3 is 11.9 Å². The molecule has 1 unspecified atom stereocenters. The van der Waals surface area contributed by atoms with Crippen LogP contribution in [0.3, 0.4) is 0 Å². The molecule has 2 saturated heterocycles. The van der Waals surface area contributed by atoms with Gasteiger partial charge in [-0.05, 0) is 87.0 Å². The number of piperidine rings is 2. The number of benzene rings is 2. The number of ether oxygens (including phenoxy) is 1. The lowest BCUT2D eigenvalue weighted by molar-refractivity contribution is -0.138. The summed E-state index contributed by atoms with van der Waals surface area (Å²) >= 11 is 0. The number of nitrogens with zero attached hydrogens (tertiary/aromatic N) is 7. The first-order chi connectivity index (χ1) is 29.0. The summed E-state index contributed by atoms with van der Waals surface area (Å²) in [5.41, 5.74) is -1.06. The van der Waals surface area contributed by atoms with Crippen LogP contribution in [0.1, 0.15) is 55.7 Å². The Labute approximate surface area is 347 Å². The monoisotopic (exact) mass is 863 g/mol. The number of aryl methyl sites for hydroxylation is 2. The van der Waals surface area contributed by atoms with Gasteiger partial charge in [-0.25, -0.2) is 27.6 Å². The van der Waals surface area contributed by atoms with Gasteiger partial charge in [-0.2, -0.15) is 18.3 Å². The van der Waals surface area contributed by atoms with Gasteiger partial charge < -0.3 is 15.0 Å². The topological polar surface area (TPSA) is 175 Å². The van der Waals surface area contributed by atoms with Crippen molar-refractivity contribution in [2.75, 3.05) is 38.2 Å². The van der Waals surface area contributed by atoms with Gasteiger partial charge in [-0.15, -0.1) is 0 Å². The molecule has 2 aromatic carbocycles. The molecule has 0 bridgehead atoms. The van der Waals surface area contributed by atoms with Gasteiger partial charge in [0, 0.05) is 50.7 Å². The lowest BCUT2D eigenvalue weighted by Gasteiger charge is -2.51. The molecule has 2 N–H and O–H groups in total. The maximum absolute atomic E-state index is 15.6. The zero-order valence-corrected chi connectivity index (χ0v) is 33.9. The number of halogens is 4. The van der Waals surface area contributed by atoms with E-state index in [9.17, 15) is 36.0 Å². The molecule has 3 aliphatic rings. The van der Waals surface area contributed by atoms with E-state index >= 15 is 4.39 Å². The fourth-order valence-electron chi connectivity index (χ4n) is 8.45. The number of alkyl halides is 3. The number of sulfone groups is 1. The Morgan fingerprint density at radius 1 is 1.03 bits per heavy atom. The molecule has 1 spiro atoms. The van der Waals surface area contributed by atoms with Crippen LogP contribution in [0.15, 0.2) is 64.7 Å². The van der Waals surface area contributed by atoms with Gasteiger partial charge in [0.25, 0.3) is 0 Å². The Balaban J connectivity index is 0.795. The predicted molar refractivity (Wildman–Crippen MR) is 214 cm³/mol. The first kappa shape index (κ1) is 41.8. The summed E-state index contributed by atoms with van der Waals surface area (Å²) in [5, 5.41) is 8.53. The fraction of sp³-hybridized carbons (Fsp3) is 0.415. The lowest BCUT2D eigenvalue weighted by Crippen LogP contribution is -2.51. The quantitative estimate of drug-likeness (QED) is 0.0876. The smallest absolute Gasteiger partial charge is 0.367 e. The molecular weight excluding hydrogens is 823 g/mol. The van der Waals surface area contributed by atoms with E-state index in [0.717, 1.165) is 30.5 Å². The van der Waals surface area contributed by atoms with Crippen LogP contribution in [-0.4, -0.2) is 92.1 Å². The largest absolute Gasteiger partial charge is 0.419 e. The van der Waals surface area contributed by atoms with E-state index in [1.165, 1.54) is 59.0 Å². The first-order valence-corrected chi connectivity index (χ1v) is 21.1. The number of hydrogen-bond acceptors (Lipinski definition) is 11. The van der Waals surface area contributed by atoms with Crippen molar-refractivity contribution in [2.24, 2.45) is 19.5 Å². The summed E-state index contributed by atoms with van der Waals surface area (Å²) in [6.07, 6.45) is 1.76. The number of imidazole rings is 1. The van der Waals surface area contributed by atoms with Crippen LogP contribution in [0.25, 0.3) is 22.3 Å². The number of carbonyl (C=O) groups excluding carboxylic acids is 2. The number of amides is 2. The Bertz CT molecular complexity index is 2760. The molecule has 8 rings (SSSR count). The van der Waals surface area contributed by atoms with Crippen molar-refractivity contribution in [3.05, 3.63) is 82.4 Å². The number of fused-ring (bicyclic) bond motifs is 1. The van der Waals surface area contributed by atoms with E-state index < -0.39 is 56.2 Å². The van der Waals surface area contributed by atoms with E-state index in [-0.39, 0.29) is 63.6 Å². The number of aromatic nitrogens is 6. The van der Waals surface area contributed by atoms with Crippen LogP contribution in [0.4, 0.5) is 29.2 Å². The third kappa shape index (κ3) is 8.29. The first-order valence-electron chi connectivity index (χ1n) is 19.6. The number of carbonyl (C=O) groups is 2. The van der Waals surface area contributed by atoms with Crippen molar-refractivity contribution >= 4 is 44.3 Å². The molecule has 5 aromatic rings. The minimum absolute atomic E-state index is 0.0112. The molecule has 5 heterocycles. The predicted octanol–water partition coefficient (Wildman–Crippen LogP) is 4.50. The Hall–Kier alpha value is -5.91. The molecule has 1 aliphatic carbocycles. The average molecular weight is 864 g/mol. The van der Waals surface area contributed by atoms with E-state index in [0.29, 0.717) is 37.9 Å². The maximum Gasteiger partial charge on any atom is 0.419 e. The van der Waals surface area contributed by atoms with Crippen LogP contribution >= 0.6 is 0 Å². The Morgan fingerprint density at radius 2 is 1.77 bits per heavy atom. The number of anilines is 2. The van der Waals surface area contributed by atoms with Gasteiger partial charge in [0.15, 0.2) is 15.7 Å². The summed E-state index contributed by atoms with van der Waals surface area (Å²) in [6.45, 7) is 2.68. The highest BCUT2D eigenvalue weighted by Gasteiger charge is 2.51. The van der Waals surface area contributed by atoms with Gasteiger partial charge in [0.2, 0.25) is 17.8 Å². The molecule has 1 saturated carbocycles. The fourth-order valence-corrected chi connectivity index (χ4v) is 10.5. The van der Waals surface area contributed by atoms with Crippen LogP contribution < -0.4 is 16.3 Å². The van der Waals surface area contributed by atoms with Crippen molar-refractivity contribution in [1.29, 1.82) is 0 Å². The zero-order valence-electron chi connectivity index (χ0n) is 33.1. The van der Waals surface area contributed by atoms with Crippen molar-refractivity contribution < 1.29 is 40.3 Å². The van der Waals surface area contributed by atoms with Crippen molar-refractivity contribution in [2.45, 2.75) is 60.9 Å². The second-order valence-electron chi connectivity index (χ2n) is 15.8. The molecule has 320 valence electrons. The van der Waals surface area contributed by atoms with E-state index in [1.54, 1.807) is 13.1 Å². The summed E-state index contributed by atoms with van der Waals surface area (Å²) in [7, 11) is -0.617. The minimum Gasteiger partial charge on any atom is -0.367 e. The number of rotatable bonds is 10. The molecule has 2 aliphatic heterocycles. The number of imide groups is 1. The van der Waals surface area contributed by atoms with Crippen LogP contribution in [-0.2, 0) is 44.4 Å². The second kappa shape index (κ2) is 16.2. The third-order valence-electron chi connectivity index (χ3n) is 11.8. The van der Waals surface area contributed by atoms with Crippen molar-refractivity contribution in [3.8, 4) is 23.1 Å². The SMILES string of the molecule is Cn1cc(-c2nc(Nc3ccc(S(=O)(=O)C4CC5(CCN(CCOCC#Cc6ccc7c(c6F)n(C)c(=O)n7C6CCC(=O)NC6=O)CC5)C4)cc3)ncc2C(F)(F)F)cn1. The van der Waals surface area contributed by atoms with Crippen molar-refractivity contribution in [1.82, 2.24) is 39.1 Å². The second-order valence-corrected chi connectivity index (χ2v) is 18.0. The molecule has 61 heavy (non-hydrogen) atoms. The third-order valence-corrected chi connectivity index (χ3v) is 14.0. The standard InChI is InChI=1S/C41H41F4N9O6S/c1-51-24-26(22-47-51)35-30(41(43,44)45)23-46-38(50-35)48-27-6-8-28(9-7-27)61(58,59)29-20-40(21-29)13-15-53(16-14-40)17-19-60-18-3-4-25-5-10-31-36(34(25)42)52(2)39(57)54(31)32-11-12-33(55)49-37(32)56/h5-10,22-24,29,32H,11-21H2,1-2H3,(H,46,48,50)(H,49,55,56). The number of hydrogen-bond donors (Lipinski definition) is 2. The van der Waals surface area contributed by atoms with E-state index in [1.807, 2.05) is 0 Å². The highest BCUT2D eigenvalue weighted by atomic mass is 32.2. The van der Waals surface area contributed by atoms with Crippen LogP contribution in [0.5, 0.6) is 0 Å². The minimum atomic E-state index is -4.68. The molecule has 0 radical (unpaired) electrons. The average Bonchev–Trinajstić information content (AvgIpc) is 3.75. The van der Waals surface area contributed by atoms with Gasteiger partial charge in [0.1, 0.15) is 23.7 Å². The normalized spacial score (nSPS) is 18.5. The van der Waals surface area contributed by atoms with Gasteiger partial charge in [-0.1, -0.05) is 11.8 Å². The highest BCUT2D eigenvalue weighted by molar-refractivity contribution is 7.92. The summed E-state index contributed by atoms with van der Waals surface area (Å²) in [5.74, 6) is 3.79. The Morgan fingerprint density at radius 3 is 2.44 bits per heavy atom. The molecule has 3 fully saturated rings. The van der Waals surface area contributed by atoms with Crippen molar-refractivity contribution in [3.63, 3.8) is 0 Å². The van der Waals surface area contributed by atoms with E-state index in [2.05, 4.69) is 42.4 Å². The maximum atomic E-state index is 15.6. The highest BCUT2D eigenvalue weighted by Crippen LogP contribution is 2.52. The molecular formula is C41H41F4N9O6S. The summed E-state index contributed by atoms with van der Waals surface area (Å²) in [6, 6.07) is 8.09. The molecule has 20 heteroatoms. The van der Waals surface area contributed by atoms with Gasteiger partial charge in [0.05, 0.1) is 39.7 Å². The zero-order chi connectivity index (χ0) is 43.3. The van der Waals surface area contributed by atoms with Gasteiger partial charge in [-0.3, -0.25) is 28.7 Å². The molecule has 3 aromatic heterocycles. The number of likely N-dealkylation sites (tertiary alicyclic amines) is 1. The molecule has 15 nitrogen and oxygen atoms in total. The molecule has 1 atom stereocenters. The molecule has 2 amide bonds. The summed E-state index contributed by atoms with van der Waals surface area (Å²) < 4.78 is 93.2. The lowest BCUT2D eigenvalue weighted by atomic mass is 9.63. The summed E-state index contributed by atoms with van der Waals surface area (Å²) in [4.78, 5) is 47.4. The van der Waals surface area contributed by atoms with Crippen LogP contribution in [0.2, 0.25) is 0 Å². The van der Waals surface area contributed by atoms with E-state index in [4.69, 9.17) is 4.74 Å². The number of nitrogens with one attached hydrogen (secondary N) is 2. The van der Waals surface area contributed by atoms with Crippen LogP contribution in [0, 0.1) is 23.1 Å².